The van der Waals surface area contributed by atoms with Crippen molar-refractivity contribution in [2.75, 3.05) is 19.8 Å². The maximum absolute atomic E-state index is 12.6. The highest BCUT2D eigenvalue weighted by Crippen LogP contribution is 2.27. The SMILES string of the molecule is CCC(=O)N1CCN(S(=O)(=O)c2ccc(C(=O)O)cc2Br)C1. The lowest BCUT2D eigenvalue weighted by atomic mass is 10.2. The predicted molar refractivity (Wildman–Crippen MR) is 81.9 cm³/mol. The normalized spacial score (nSPS) is 16.0. The van der Waals surface area contributed by atoms with Gasteiger partial charge in [0.1, 0.15) is 0 Å². The molecule has 7 nitrogen and oxygen atoms in total. The van der Waals surface area contributed by atoms with Crippen LogP contribution in [0.25, 0.3) is 0 Å². The maximum Gasteiger partial charge on any atom is 0.335 e. The van der Waals surface area contributed by atoms with E-state index in [1.807, 2.05) is 0 Å². The Morgan fingerprint density at radius 2 is 2.00 bits per heavy atom. The number of carbonyl (C=O) groups is 2. The van der Waals surface area contributed by atoms with Crippen molar-refractivity contribution in [2.24, 2.45) is 0 Å². The molecule has 1 fully saturated rings. The molecule has 1 aliphatic heterocycles. The molecule has 1 aromatic rings. The summed E-state index contributed by atoms with van der Waals surface area (Å²) in [5, 5.41) is 8.91. The van der Waals surface area contributed by atoms with Crippen LogP contribution in [-0.4, -0.2) is 54.4 Å². The lowest BCUT2D eigenvalue weighted by Gasteiger charge is -2.18. The van der Waals surface area contributed by atoms with Gasteiger partial charge in [-0.1, -0.05) is 6.92 Å². The summed E-state index contributed by atoms with van der Waals surface area (Å²) >= 11 is 3.11. The summed E-state index contributed by atoms with van der Waals surface area (Å²) in [7, 11) is -3.79. The second kappa shape index (κ2) is 6.35. The summed E-state index contributed by atoms with van der Waals surface area (Å²) < 4.78 is 26.6. The van der Waals surface area contributed by atoms with Gasteiger partial charge in [0, 0.05) is 24.0 Å². The van der Waals surface area contributed by atoms with Crippen LogP contribution in [-0.2, 0) is 14.8 Å². The molecule has 0 radical (unpaired) electrons. The molecule has 0 unspecified atom stereocenters. The van der Waals surface area contributed by atoms with Crippen LogP contribution in [0.2, 0.25) is 0 Å². The lowest BCUT2D eigenvalue weighted by molar-refractivity contribution is -0.130. The Kier molecular flexibility index (Phi) is 4.88. The average Bonchev–Trinajstić information content (AvgIpc) is 2.96. The standard InChI is InChI=1S/C13H15BrN2O5S/c1-2-12(17)15-5-6-16(8-15)22(20,21)11-4-3-9(13(18)19)7-10(11)14/h3-4,7H,2,5-6,8H2,1H3,(H,18,19). The minimum atomic E-state index is -3.79. The zero-order valence-corrected chi connectivity index (χ0v) is 14.2. The Morgan fingerprint density at radius 1 is 1.32 bits per heavy atom. The Labute approximate surface area is 136 Å². The number of hydrogen-bond acceptors (Lipinski definition) is 4. The molecule has 1 aliphatic rings. The van der Waals surface area contributed by atoms with Crippen molar-refractivity contribution in [3.63, 3.8) is 0 Å². The number of hydrogen-bond donors (Lipinski definition) is 1. The number of carbonyl (C=O) groups excluding carboxylic acids is 1. The number of nitrogens with zero attached hydrogens (tertiary/aromatic N) is 2. The first-order valence-electron chi connectivity index (χ1n) is 6.58. The second-order valence-electron chi connectivity index (χ2n) is 4.78. The van der Waals surface area contributed by atoms with Crippen molar-refractivity contribution >= 4 is 37.8 Å². The summed E-state index contributed by atoms with van der Waals surface area (Å²) in [6, 6.07) is 3.75. The summed E-state index contributed by atoms with van der Waals surface area (Å²) in [6.45, 7) is 2.32. The summed E-state index contributed by atoms with van der Waals surface area (Å²) in [4.78, 5) is 24.0. The third kappa shape index (κ3) is 3.16. The highest BCUT2D eigenvalue weighted by molar-refractivity contribution is 9.10. The minimum Gasteiger partial charge on any atom is -0.478 e. The quantitative estimate of drug-likeness (QED) is 0.836. The van der Waals surface area contributed by atoms with Crippen molar-refractivity contribution in [2.45, 2.75) is 18.2 Å². The number of carboxylic acids is 1. The van der Waals surface area contributed by atoms with Gasteiger partial charge in [0.05, 0.1) is 17.1 Å². The fourth-order valence-electron chi connectivity index (χ4n) is 2.17. The zero-order valence-electron chi connectivity index (χ0n) is 11.8. The highest BCUT2D eigenvalue weighted by atomic mass is 79.9. The number of carboxylic acid groups (broad SMARTS) is 1. The molecule has 0 aliphatic carbocycles. The number of aromatic carboxylic acids is 1. The third-order valence-corrected chi connectivity index (χ3v) is 6.21. The zero-order chi connectivity index (χ0) is 16.5. The van der Waals surface area contributed by atoms with E-state index in [4.69, 9.17) is 5.11 Å². The summed E-state index contributed by atoms with van der Waals surface area (Å²) in [6.07, 6.45) is 0.324. The van der Waals surface area contributed by atoms with Gasteiger partial charge in [-0.15, -0.1) is 0 Å². The van der Waals surface area contributed by atoms with Gasteiger partial charge in [0.15, 0.2) is 0 Å². The molecule has 2 rings (SSSR count). The maximum atomic E-state index is 12.6. The lowest BCUT2D eigenvalue weighted by Crippen LogP contribution is -2.33. The van der Waals surface area contributed by atoms with Crippen molar-refractivity contribution in [1.82, 2.24) is 9.21 Å². The van der Waals surface area contributed by atoms with Crippen LogP contribution in [0, 0.1) is 0 Å². The molecule has 1 saturated heterocycles. The predicted octanol–water partition coefficient (Wildman–Crippen LogP) is 1.35. The van der Waals surface area contributed by atoms with Crippen molar-refractivity contribution in [3.8, 4) is 0 Å². The van der Waals surface area contributed by atoms with Gasteiger partial charge >= 0.3 is 5.97 Å². The number of halogens is 1. The fourth-order valence-corrected chi connectivity index (χ4v) is 4.60. The van der Waals surface area contributed by atoms with Gasteiger partial charge in [0.25, 0.3) is 0 Å². The number of amides is 1. The smallest absolute Gasteiger partial charge is 0.335 e. The molecular weight excluding hydrogens is 376 g/mol. The first-order chi connectivity index (χ1) is 10.3. The Balaban J connectivity index is 2.28. The first kappa shape index (κ1) is 16.9. The number of benzene rings is 1. The van der Waals surface area contributed by atoms with Gasteiger partial charge in [-0.25, -0.2) is 13.2 Å². The van der Waals surface area contributed by atoms with Gasteiger partial charge < -0.3 is 10.0 Å². The Morgan fingerprint density at radius 3 is 2.55 bits per heavy atom. The molecule has 0 bridgehead atoms. The molecule has 9 heteroatoms. The van der Waals surface area contributed by atoms with E-state index in [9.17, 15) is 18.0 Å². The van der Waals surface area contributed by atoms with Gasteiger partial charge in [-0.05, 0) is 34.1 Å². The van der Waals surface area contributed by atoms with E-state index in [-0.39, 0.29) is 34.1 Å². The topological polar surface area (TPSA) is 95.0 Å². The molecule has 1 heterocycles. The highest BCUT2D eigenvalue weighted by Gasteiger charge is 2.34. The van der Waals surface area contributed by atoms with Crippen LogP contribution >= 0.6 is 15.9 Å². The van der Waals surface area contributed by atoms with E-state index < -0.39 is 16.0 Å². The average molecular weight is 391 g/mol. The van der Waals surface area contributed by atoms with Crippen LogP contribution in [0.15, 0.2) is 27.6 Å². The number of sulfonamides is 1. The molecule has 1 amide bonds. The van der Waals surface area contributed by atoms with Crippen molar-refractivity contribution in [3.05, 3.63) is 28.2 Å². The monoisotopic (exact) mass is 390 g/mol. The first-order valence-corrected chi connectivity index (χ1v) is 8.81. The summed E-state index contributed by atoms with van der Waals surface area (Å²) in [5.41, 5.74) is -0.00460. The minimum absolute atomic E-state index is 0.00460. The van der Waals surface area contributed by atoms with E-state index >= 15 is 0 Å². The van der Waals surface area contributed by atoms with Gasteiger partial charge in [0.2, 0.25) is 15.9 Å². The van der Waals surface area contributed by atoms with Crippen LogP contribution < -0.4 is 0 Å². The third-order valence-electron chi connectivity index (χ3n) is 3.40. The van der Waals surface area contributed by atoms with Crippen molar-refractivity contribution < 1.29 is 23.1 Å². The van der Waals surface area contributed by atoms with E-state index in [2.05, 4.69) is 15.9 Å². The second-order valence-corrected chi connectivity index (χ2v) is 7.54. The van der Waals surface area contributed by atoms with Crippen LogP contribution in [0.4, 0.5) is 0 Å². The Bertz CT molecular complexity index is 719. The van der Waals surface area contributed by atoms with Gasteiger partial charge in [-0.2, -0.15) is 4.31 Å². The number of rotatable bonds is 4. The molecule has 0 saturated carbocycles. The molecule has 0 atom stereocenters. The van der Waals surface area contributed by atoms with Crippen molar-refractivity contribution in [1.29, 1.82) is 0 Å². The molecule has 0 aromatic heterocycles. The largest absolute Gasteiger partial charge is 0.478 e. The molecule has 120 valence electrons. The Hall–Kier alpha value is -1.45. The van der Waals surface area contributed by atoms with E-state index in [0.29, 0.717) is 13.0 Å². The molecule has 1 aromatic carbocycles. The van der Waals surface area contributed by atoms with Crippen LogP contribution in [0.5, 0.6) is 0 Å². The molecule has 1 N–H and O–H groups in total. The van der Waals surface area contributed by atoms with E-state index in [1.54, 1.807) is 6.92 Å². The van der Waals surface area contributed by atoms with E-state index in [1.165, 1.54) is 27.4 Å². The molecular formula is C13H15BrN2O5S. The molecule has 0 spiro atoms. The summed E-state index contributed by atoms with van der Waals surface area (Å²) in [5.74, 6) is -1.23. The van der Waals surface area contributed by atoms with E-state index in [0.717, 1.165) is 0 Å². The van der Waals surface area contributed by atoms with Crippen LogP contribution in [0.3, 0.4) is 0 Å². The van der Waals surface area contributed by atoms with Crippen LogP contribution in [0.1, 0.15) is 23.7 Å². The molecule has 22 heavy (non-hydrogen) atoms. The van der Waals surface area contributed by atoms with Gasteiger partial charge in [-0.3, -0.25) is 4.79 Å². The fraction of sp³-hybridized carbons (Fsp3) is 0.385.